The maximum Gasteiger partial charge on any atom is 0.133 e. The minimum Gasteiger partial charge on any atom is -0.496 e. The van der Waals surface area contributed by atoms with Crippen LogP contribution in [0.2, 0.25) is 0 Å². The number of methoxy groups -OCH3 is 2. The van der Waals surface area contributed by atoms with Gasteiger partial charge in [0, 0.05) is 11.1 Å². The van der Waals surface area contributed by atoms with E-state index in [4.69, 9.17) is 9.47 Å². The fraction of sp³-hybridized carbons (Fsp3) is 0.364. The van der Waals surface area contributed by atoms with Gasteiger partial charge < -0.3 is 9.47 Å². The van der Waals surface area contributed by atoms with E-state index in [-0.39, 0.29) is 5.56 Å². The molecular weight excluding hydrogens is 334 g/mol. The zero-order valence-electron chi connectivity index (χ0n) is 15.2. The van der Waals surface area contributed by atoms with Gasteiger partial charge in [0.1, 0.15) is 23.1 Å². The number of benzene rings is 2. The van der Waals surface area contributed by atoms with Gasteiger partial charge in [-0.3, -0.25) is 0 Å². The van der Waals surface area contributed by atoms with Crippen molar-refractivity contribution < 1.29 is 18.3 Å². The van der Waals surface area contributed by atoms with Crippen LogP contribution in [0.4, 0.5) is 8.78 Å². The largest absolute Gasteiger partial charge is 0.496 e. The summed E-state index contributed by atoms with van der Waals surface area (Å²) < 4.78 is 38.9. The van der Waals surface area contributed by atoms with Crippen LogP contribution in [0.5, 0.6) is 11.5 Å². The van der Waals surface area contributed by atoms with Crippen molar-refractivity contribution in [2.45, 2.75) is 38.0 Å². The van der Waals surface area contributed by atoms with Gasteiger partial charge in [0.25, 0.3) is 0 Å². The molecule has 138 valence electrons. The summed E-state index contributed by atoms with van der Waals surface area (Å²) in [6.07, 6.45) is 9.08. The minimum absolute atomic E-state index is 0.0539. The molecule has 0 radical (unpaired) electrons. The highest BCUT2D eigenvalue weighted by atomic mass is 19.1. The second-order valence-corrected chi connectivity index (χ2v) is 6.64. The summed E-state index contributed by atoms with van der Waals surface area (Å²) in [5.41, 5.74) is 1.83. The summed E-state index contributed by atoms with van der Waals surface area (Å²) in [5.74, 6) is 0.795. The van der Waals surface area contributed by atoms with Gasteiger partial charge in [-0.1, -0.05) is 31.4 Å². The third-order valence-electron chi connectivity index (χ3n) is 5.02. The first-order valence-corrected chi connectivity index (χ1v) is 9.02. The maximum absolute atomic E-state index is 13.8. The molecule has 0 spiro atoms. The van der Waals surface area contributed by atoms with E-state index in [0.29, 0.717) is 5.92 Å². The van der Waals surface area contributed by atoms with Crippen molar-refractivity contribution in [2.75, 3.05) is 14.2 Å². The van der Waals surface area contributed by atoms with Crippen LogP contribution in [-0.2, 0) is 0 Å². The Balaban J connectivity index is 1.97. The zero-order valence-corrected chi connectivity index (χ0v) is 15.2. The molecule has 0 unspecified atom stereocenters. The van der Waals surface area contributed by atoms with Crippen molar-refractivity contribution in [1.82, 2.24) is 0 Å². The molecule has 2 aromatic rings. The molecule has 0 atom stereocenters. The van der Waals surface area contributed by atoms with Crippen LogP contribution in [0.1, 0.15) is 54.7 Å². The van der Waals surface area contributed by atoms with Crippen LogP contribution in [0.3, 0.4) is 0 Å². The van der Waals surface area contributed by atoms with Gasteiger partial charge in [-0.25, -0.2) is 8.78 Å². The fourth-order valence-electron chi connectivity index (χ4n) is 3.70. The van der Waals surface area contributed by atoms with Gasteiger partial charge in [0.05, 0.1) is 14.2 Å². The van der Waals surface area contributed by atoms with Crippen LogP contribution in [0, 0.1) is 11.6 Å². The first-order valence-electron chi connectivity index (χ1n) is 9.02. The fourth-order valence-corrected chi connectivity index (χ4v) is 3.70. The van der Waals surface area contributed by atoms with E-state index in [1.165, 1.54) is 43.5 Å². The molecular formula is C22H24F2O2. The first-order chi connectivity index (χ1) is 12.6. The molecule has 0 aliphatic heterocycles. The molecule has 1 saturated carbocycles. The van der Waals surface area contributed by atoms with Crippen LogP contribution in [-0.4, -0.2) is 14.2 Å². The lowest BCUT2D eigenvalue weighted by Crippen LogP contribution is -2.08. The first kappa shape index (κ1) is 18.4. The molecule has 1 fully saturated rings. The Kier molecular flexibility index (Phi) is 5.92. The Labute approximate surface area is 153 Å². The van der Waals surface area contributed by atoms with Gasteiger partial charge >= 0.3 is 0 Å². The summed E-state index contributed by atoms with van der Waals surface area (Å²) >= 11 is 0. The minimum atomic E-state index is -0.584. The average molecular weight is 358 g/mol. The normalized spacial score (nSPS) is 15.4. The van der Waals surface area contributed by atoms with Gasteiger partial charge in [0.15, 0.2) is 0 Å². The van der Waals surface area contributed by atoms with Crippen molar-refractivity contribution in [3.63, 3.8) is 0 Å². The lowest BCUT2D eigenvalue weighted by Gasteiger charge is -2.26. The molecule has 0 saturated heterocycles. The van der Waals surface area contributed by atoms with Gasteiger partial charge in [-0.15, -0.1) is 0 Å². The van der Waals surface area contributed by atoms with Gasteiger partial charge in [-0.05, 0) is 54.7 Å². The number of hydrogen-bond acceptors (Lipinski definition) is 2. The van der Waals surface area contributed by atoms with Crippen LogP contribution >= 0.6 is 0 Å². The van der Waals surface area contributed by atoms with Crippen LogP contribution in [0.15, 0.2) is 30.3 Å². The number of halogens is 2. The van der Waals surface area contributed by atoms with Crippen molar-refractivity contribution >= 4 is 12.2 Å². The van der Waals surface area contributed by atoms with Crippen molar-refractivity contribution in [2.24, 2.45) is 0 Å². The van der Waals surface area contributed by atoms with E-state index in [1.807, 2.05) is 12.1 Å². The predicted molar refractivity (Wildman–Crippen MR) is 101 cm³/mol. The Morgan fingerprint density at radius 2 is 1.46 bits per heavy atom. The molecule has 0 bridgehead atoms. The highest BCUT2D eigenvalue weighted by Crippen LogP contribution is 2.43. The molecule has 26 heavy (non-hydrogen) atoms. The van der Waals surface area contributed by atoms with Crippen LogP contribution < -0.4 is 9.47 Å². The third kappa shape index (κ3) is 3.90. The topological polar surface area (TPSA) is 18.5 Å². The summed E-state index contributed by atoms with van der Waals surface area (Å²) in [5, 5.41) is 0. The van der Waals surface area contributed by atoms with E-state index < -0.39 is 11.6 Å². The lowest BCUT2D eigenvalue weighted by molar-refractivity contribution is 0.359. The molecule has 1 aliphatic rings. The van der Waals surface area contributed by atoms with E-state index >= 15 is 0 Å². The summed E-state index contributed by atoms with van der Waals surface area (Å²) in [7, 11) is 3.29. The van der Waals surface area contributed by atoms with Crippen molar-refractivity contribution in [3.8, 4) is 11.5 Å². The lowest BCUT2D eigenvalue weighted by atomic mass is 9.82. The average Bonchev–Trinajstić information content (AvgIpc) is 2.67. The van der Waals surface area contributed by atoms with E-state index in [0.717, 1.165) is 35.5 Å². The molecule has 2 nitrogen and oxygen atoms in total. The number of hydrogen-bond donors (Lipinski definition) is 0. The SMILES string of the molecule is COc1cc(/C=C/c2c(F)cccc2F)cc(OC)c1C1CCCCC1. The zero-order chi connectivity index (χ0) is 18.5. The van der Waals surface area contributed by atoms with Crippen molar-refractivity contribution in [3.05, 3.63) is 58.7 Å². The predicted octanol–water partition coefficient (Wildman–Crippen LogP) is 6.20. The Bertz CT molecular complexity index is 747. The van der Waals surface area contributed by atoms with Crippen LogP contribution in [0.25, 0.3) is 12.2 Å². The molecule has 0 heterocycles. The molecule has 0 aromatic heterocycles. The van der Waals surface area contributed by atoms with Gasteiger partial charge in [0.2, 0.25) is 0 Å². The maximum atomic E-state index is 13.8. The van der Waals surface area contributed by atoms with E-state index in [9.17, 15) is 8.78 Å². The van der Waals surface area contributed by atoms with Crippen molar-refractivity contribution in [1.29, 1.82) is 0 Å². The quantitative estimate of drug-likeness (QED) is 0.593. The summed E-state index contributed by atoms with van der Waals surface area (Å²) in [6.45, 7) is 0. The molecule has 0 amide bonds. The molecule has 1 aliphatic carbocycles. The Hall–Kier alpha value is -2.36. The second-order valence-electron chi connectivity index (χ2n) is 6.64. The standard InChI is InChI=1S/C22H24F2O2/c1-25-20-13-15(11-12-17-18(23)9-6-10-19(17)24)14-21(26-2)22(20)16-7-4-3-5-8-16/h6,9-14,16H,3-5,7-8H2,1-2H3/b12-11+. The third-order valence-corrected chi connectivity index (χ3v) is 5.02. The number of rotatable bonds is 5. The van der Waals surface area contributed by atoms with Gasteiger partial charge in [-0.2, -0.15) is 0 Å². The summed E-state index contributed by atoms with van der Waals surface area (Å²) in [4.78, 5) is 0. The Morgan fingerprint density at radius 3 is 2.00 bits per heavy atom. The Morgan fingerprint density at radius 1 is 0.885 bits per heavy atom. The monoisotopic (exact) mass is 358 g/mol. The number of ether oxygens (including phenoxy) is 2. The smallest absolute Gasteiger partial charge is 0.133 e. The second kappa shape index (κ2) is 8.35. The van der Waals surface area contributed by atoms with E-state index in [1.54, 1.807) is 20.3 Å². The molecule has 4 heteroatoms. The highest BCUT2D eigenvalue weighted by molar-refractivity contribution is 5.72. The molecule has 0 N–H and O–H groups in total. The molecule has 2 aromatic carbocycles. The highest BCUT2D eigenvalue weighted by Gasteiger charge is 2.23. The molecule has 3 rings (SSSR count). The van der Waals surface area contributed by atoms with E-state index in [2.05, 4.69) is 0 Å². The summed E-state index contributed by atoms with van der Waals surface area (Å²) in [6, 6.07) is 7.66.